The highest BCUT2D eigenvalue weighted by Crippen LogP contribution is 2.18. The lowest BCUT2D eigenvalue weighted by molar-refractivity contribution is 0.964. The molecular weight excluding hydrogens is 248 g/mol. The molecule has 90 valence electrons. The van der Waals surface area contributed by atoms with Gasteiger partial charge in [-0.2, -0.15) is 0 Å². The number of hydrogen-bond donors (Lipinski definition) is 2. The first-order valence-electron chi connectivity index (χ1n) is 5.43. The van der Waals surface area contributed by atoms with Crippen LogP contribution >= 0.6 is 11.8 Å². The Morgan fingerprint density at radius 1 is 1.22 bits per heavy atom. The molecule has 0 bridgehead atoms. The fourth-order valence-corrected chi connectivity index (χ4v) is 2.43. The topological polar surface area (TPSA) is 74.4 Å². The Kier molecular flexibility index (Phi) is 2.85. The summed E-state index contributed by atoms with van der Waals surface area (Å²) < 4.78 is 0. The Morgan fingerprint density at radius 2 is 2.06 bits per heavy atom. The van der Waals surface area contributed by atoms with Gasteiger partial charge in [0.15, 0.2) is 16.3 Å². The highest BCUT2D eigenvalue weighted by molar-refractivity contribution is 7.98. The maximum absolute atomic E-state index is 11.7. The number of aromatic nitrogens is 4. The van der Waals surface area contributed by atoms with Crippen molar-refractivity contribution in [2.75, 3.05) is 0 Å². The van der Waals surface area contributed by atoms with Gasteiger partial charge in [-0.1, -0.05) is 42.1 Å². The number of nitrogens with zero attached hydrogens (tertiary/aromatic N) is 2. The first-order chi connectivity index (χ1) is 8.83. The normalized spacial score (nSPS) is 10.9. The number of hydrogen-bond acceptors (Lipinski definition) is 4. The maximum atomic E-state index is 11.7. The van der Waals surface area contributed by atoms with Gasteiger partial charge in [-0.05, 0) is 5.56 Å². The van der Waals surface area contributed by atoms with Gasteiger partial charge < -0.3 is 4.98 Å². The van der Waals surface area contributed by atoms with Crippen LogP contribution in [-0.2, 0) is 5.75 Å². The molecule has 0 saturated heterocycles. The molecule has 1 aromatic carbocycles. The van der Waals surface area contributed by atoms with Gasteiger partial charge in [0.25, 0.3) is 5.56 Å². The Balaban J connectivity index is 1.85. The summed E-state index contributed by atoms with van der Waals surface area (Å²) in [5, 5.41) is 0.587. The van der Waals surface area contributed by atoms with Crippen LogP contribution in [0.4, 0.5) is 0 Å². The van der Waals surface area contributed by atoms with Crippen molar-refractivity contribution < 1.29 is 0 Å². The standard InChI is InChI=1S/C12H10N4OS/c17-11-9-10(14-7-13-9)15-12(16-11)18-6-8-4-2-1-3-5-8/h1-5,7H,6H2,(H2,13,14,15,16,17). The van der Waals surface area contributed by atoms with Gasteiger partial charge in [0.05, 0.1) is 6.33 Å². The molecule has 3 aromatic rings. The summed E-state index contributed by atoms with van der Waals surface area (Å²) in [5.41, 5.74) is 1.87. The van der Waals surface area contributed by atoms with E-state index in [-0.39, 0.29) is 5.56 Å². The lowest BCUT2D eigenvalue weighted by Gasteiger charge is -2.00. The number of nitrogens with one attached hydrogen (secondary N) is 2. The van der Waals surface area contributed by atoms with Crippen molar-refractivity contribution in [3.05, 3.63) is 52.6 Å². The fourth-order valence-electron chi connectivity index (χ4n) is 1.62. The molecule has 0 fully saturated rings. The summed E-state index contributed by atoms with van der Waals surface area (Å²) in [6, 6.07) is 10.0. The third-order valence-electron chi connectivity index (χ3n) is 2.49. The minimum Gasteiger partial charge on any atom is -0.339 e. The first kappa shape index (κ1) is 11.0. The van der Waals surface area contributed by atoms with Gasteiger partial charge in [-0.3, -0.25) is 9.78 Å². The first-order valence-corrected chi connectivity index (χ1v) is 6.41. The van der Waals surface area contributed by atoms with Crippen molar-refractivity contribution in [3.63, 3.8) is 0 Å². The van der Waals surface area contributed by atoms with Crippen molar-refractivity contribution in [1.29, 1.82) is 0 Å². The van der Waals surface area contributed by atoms with E-state index >= 15 is 0 Å². The zero-order valence-corrected chi connectivity index (χ0v) is 10.2. The quantitative estimate of drug-likeness (QED) is 0.556. The molecule has 6 heteroatoms. The van der Waals surface area contributed by atoms with Crippen LogP contribution in [0.15, 0.2) is 46.6 Å². The Bertz CT molecular complexity index is 720. The number of thioether (sulfide) groups is 1. The number of imidazole rings is 1. The van der Waals surface area contributed by atoms with Crippen LogP contribution in [0.1, 0.15) is 5.56 Å². The number of aromatic amines is 2. The zero-order chi connectivity index (χ0) is 12.4. The zero-order valence-electron chi connectivity index (χ0n) is 9.38. The molecule has 18 heavy (non-hydrogen) atoms. The number of fused-ring (bicyclic) bond motifs is 1. The largest absolute Gasteiger partial charge is 0.339 e. The van der Waals surface area contributed by atoms with E-state index in [9.17, 15) is 4.79 Å². The molecule has 0 amide bonds. The summed E-state index contributed by atoms with van der Waals surface area (Å²) in [6.45, 7) is 0. The molecule has 5 nitrogen and oxygen atoms in total. The van der Waals surface area contributed by atoms with Crippen molar-refractivity contribution in [1.82, 2.24) is 19.9 Å². The second kappa shape index (κ2) is 4.66. The van der Waals surface area contributed by atoms with E-state index in [4.69, 9.17) is 0 Å². The minimum atomic E-state index is -0.187. The molecule has 0 saturated carbocycles. The van der Waals surface area contributed by atoms with Gasteiger partial charge in [0.2, 0.25) is 0 Å². The summed E-state index contributed by atoms with van der Waals surface area (Å²) in [7, 11) is 0. The summed E-state index contributed by atoms with van der Waals surface area (Å²) in [4.78, 5) is 25.5. The lowest BCUT2D eigenvalue weighted by Crippen LogP contribution is -2.09. The molecule has 2 aromatic heterocycles. The molecule has 0 unspecified atom stereocenters. The van der Waals surface area contributed by atoms with Crippen LogP contribution < -0.4 is 5.56 Å². The van der Waals surface area contributed by atoms with Gasteiger partial charge in [-0.15, -0.1) is 0 Å². The van der Waals surface area contributed by atoms with E-state index in [0.29, 0.717) is 16.3 Å². The molecule has 0 spiro atoms. The molecule has 3 rings (SSSR count). The van der Waals surface area contributed by atoms with Crippen LogP contribution in [0.25, 0.3) is 11.2 Å². The molecule has 0 radical (unpaired) electrons. The van der Waals surface area contributed by atoms with Crippen molar-refractivity contribution >= 4 is 22.9 Å². The fraction of sp³-hybridized carbons (Fsp3) is 0.0833. The average molecular weight is 258 g/mol. The van der Waals surface area contributed by atoms with E-state index in [0.717, 1.165) is 5.75 Å². The molecule has 0 aliphatic carbocycles. The third kappa shape index (κ3) is 2.14. The van der Waals surface area contributed by atoms with Crippen molar-refractivity contribution in [2.45, 2.75) is 10.9 Å². The number of H-pyrrole nitrogens is 2. The molecule has 0 atom stereocenters. The molecular formula is C12H10N4OS. The van der Waals surface area contributed by atoms with Crippen molar-refractivity contribution in [3.8, 4) is 0 Å². The van der Waals surface area contributed by atoms with E-state index in [1.807, 2.05) is 30.3 Å². The second-order valence-electron chi connectivity index (χ2n) is 3.75. The van der Waals surface area contributed by atoms with Gasteiger partial charge in [0, 0.05) is 5.75 Å². The molecule has 0 aliphatic rings. The van der Waals surface area contributed by atoms with E-state index in [1.54, 1.807) is 0 Å². The van der Waals surface area contributed by atoms with Crippen LogP contribution in [-0.4, -0.2) is 19.9 Å². The highest BCUT2D eigenvalue weighted by atomic mass is 32.2. The van der Waals surface area contributed by atoms with Gasteiger partial charge >= 0.3 is 0 Å². The average Bonchev–Trinajstić information content (AvgIpc) is 2.86. The lowest BCUT2D eigenvalue weighted by atomic mass is 10.2. The molecule has 2 N–H and O–H groups in total. The number of benzene rings is 1. The highest BCUT2D eigenvalue weighted by Gasteiger charge is 2.06. The molecule has 2 heterocycles. The van der Waals surface area contributed by atoms with E-state index in [2.05, 4.69) is 19.9 Å². The summed E-state index contributed by atoms with van der Waals surface area (Å²) in [5.74, 6) is 0.764. The van der Waals surface area contributed by atoms with Gasteiger partial charge in [0.1, 0.15) is 0 Å². The van der Waals surface area contributed by atoms with Crippen LogP contribution in [0, 0.1) is 0 Å². The SMILES string of the molecule is O=c1[nH]c(SCc2ccccc2)nc2nc[nH]c12. The van der Waals surface area contributed by atoms with Crippen LogP contribution in [0.5, 0.6) is 0 Å². The monoisotopic (exact) mass is 258 g/mol. The Hall–Kier alpha value is -2.08. The molecule has 0 aliphatic heterocycles. The van der Waals surface area contributed by atoms with Gasteiger partial charge in [-0.25, -0.2) is 9.97 Å². The van der Waals surface area contributed by atoms with Crippen LogP contribution in [0.3, 0.4) is 0 Å². The van der Waals surface area contributed by atoms with Crippen molar-refractivity contribution in [2.24, 2.45) is 0 Å². The predicted molar refractivity (Wildman–Crippen MR) is 70.5 cm³/mol. The minimum absolute atomic E-state index is 0.187. The second-order valence-corrected chi connectivity index (χ2v) is 4.71. The predicted octanol–water partition coefficient (Wildman–Crippen LogP) is 1.94. The third-order valence-corrected chi connectivity index (χ3v) is 3.44. The smallest absolute Gasteiger partial charge is 0.277 e. The van der Waals surface area contributed by atoms with E-state index < -0.39 is 0 Å². The summed E-state index contributed by atoms with van der Waals surface area (Å²) >= 11 is 1.49. The van der Waals surface area contributed by atoms with E-state index in [1.165, 1.54) is 23.7 Å². The summed E-state index contributed by atoms with van der Waals surface area (Å²) in [6.07, 6.45) is 1.47. The Labute approximate surface area is 107 Å². The van der Waals surface area contributed by atoms with Crippen LogP contribution in [0.2, 0.25) is 0 Å². The number of rotatable bonds is 3. The maximum Gasteiger partial charge on any atom is 0.277 e. The Morgan fingerprint density at radius 3 is 2.89 bits per heavy atom.